The van der Waals surface area contributed by atoms with Crippen molar-refractivity contribution >= 4 is 17.7 Å². The molecule has 5 heteroatoms. The number of carbonyl (C=O) groups is 3. The second-order valence-corrected chi connectivity index (χ2v) is 10.3. The van der Waals surface area contributed by atoms with E-state index in [1.807, 2.05) is 42.5 Å². The van der Waals surface area contributed by atoms with Crippen LogP contribution in [-0.4, -0.2) is 30.4 Å². The highest BCUT2D eigenvalue weighted by atomic mass is 16.5. The lowest BCUT2D eigenvalue weighted by molar-refractivity contribution is -0.0176. The van der Waals surface area contributed by atoms with Gasteiger partial charge >= 0.3 is 11.9 Å². The summed E-state index contributed by atoms with van der Waals surface area (Å²) in [5.74, 6) is -0.382. The van der Waals surface area contributed by atoms with Crippen LogP contribution >= 0.6 is 0 Å². The lowest BCUT2D eigenvalue weighted by atomic mass is 9.75. The molecule has 0 heterocycles. The van der Waals surface area contributed by atoms with Gasteiger partial charge in [0, 0.05) is 5.56 Å². The average Bonchev–Trinajstić information content (AvgIpc) is 2.92. The van der Waals surface area contributed by atoms with E-state index in [0.29, 0.717) is 23.3 Å². The Balaban J connectivity index is 1.40. The molecule has 3 atom stereocenters. The maximum absolute atomic E-state index is 13.1. The fraction of sp³-hybridized carbons (Fsp3) is 0.344. The highest BCUT2D eigenvalue weighted by Crippen LogP contribution is 2.36. The first-order valence-corrected chi connectivity index (χ1v) is 13.0. The predicted molar refractivity (Wildman–Crippen MR) is 143 cm³/mol. The fourth-order valence-corrected chi connectivity index (χ4v) is 5.06. The first kappa shape index (κ1) is 26.3. The van der Waals surface area contributed by atoms with Gasteiger partial charge in [0.05, 0.1) is 11.1 Å². The van der Waals surface area contributed by atoms with Crippen LogP contribution in [-0.2, 0) is 9.47 Å². The topological polar surface area (TPSA) is 69.7 Å². The quantitative estimate of drug-likeness (QED) is 0.247. The van der Waals surface area contributed by atoms with E-state index in [0.717, 1.165) is 30.4 Å². The second kappa shape index (κ2) is 12.0. The molecule has 1 saturated carbocycles. The molecule has 1 aliphatic carbocycles. The first-order chi connectivity index (χ1) is 17.8. The van der Waals surface area contributed by atoms with Crippen LogP contribution in [0.2, 0.25) is 0 Å². The van der Waals surface area contributed by atoms with Crippen molar-refractivity contribution in [2.75, 3.05) is 6.61 Å². The van der Waals surface area contributed by atoms with Crippen molar-refractivity contribution in [2.24, 2.45) is 17.8 Å². The van der Waals surface area contributed by atoms with E-state index in [1.54, 1.807) is 30.3 Å². The maximum Gasteiger partial charge on any atom is 0.339 e. The number of ketones is 1. The highest BCUT2D eigenvalue weighted by Gasteiger charge is 2.34. The summed E-state index contributed by atoms with van der Waals surface area (Å²) in [7, 11) is 0. The van der Waals surface area contributed by atoms with E-state index >= 15 is 0 Å². The van der Waals surface area contributed by atoms with Gasteiger partial charge in [0.15, 0.2) is 12.4 Å². The molecule has 0 aromatic heterocycles. The van der Waals surface area contributed by atoms with Crippen molar-refractivity contribution in [3.05, 3.63) is 95.6 Å². The molecule has 0 bridgehead atoms. The Morgan fingerprint density at radius 3 is 2.03 bits per heavy atom. The minimum Gasteiger partial charge on any atom is -0.458 e. The zero-order valence-corrected chi connectivity index (χ0v) is 21.7. The number of ether oxygens (including phenoxy) is 2. The van der Waals surface area contributed by atoms with Crippen molar-refractivity contribution in [1.29, 1.82) is 0 Å². The van der Waals surface area contributed by atoms with E-state index in [2.05, 4.69) is 20.8 Å². The molecule has 4 rings (SSSR count). The van der Waals surface area contributed by atoms with Crippen LogP contribution < -0.4 is 0 Å². The molecule has 0 spiro atoms. The number of Topliss-reactive ketones (excluding diaryl/α,β-unsaturated/α-hetero) is 1. The van der Waals surface area contributed by atoms with Gasteiger partial charge in [0.25, 0.3) is 0 Å². The van der Waals surface area contributed by atoms with Crippen molar-refractivity contribution in [1.82, 2.24) is 0 Å². The van der Waals surface area contributed by atoms with Gasteiger partial charge in [-0.3, -0.25) is 4.79 Å². The van der Waals surface area contributed by atoms with Crippen LogP contribution in [0.1, 0.15) is 71.1 Å². The summed E-state index contributed by atoms with van der Waals surface area (Å²) in [6.45, 7) is 6.06. The average molecular weight is 499 g/mol. The molecule has 37 heavy (non-hydrogen) atoms. The Labute approximate surface area is 218 Å². The van der Waals surface area contributed by atoms with E-state index in [-0.39, 0.29) is 23.0 Å². The molecule has 0 radical (unpaired) electrons. The molecular formula is C32H34O5. The predicted octanol–water partition coefficient (Wildman–Crippen LogP) is 7.01. The summed E-state index contributed by atoms with van der Waals surface area (Å²) in [6, 6.07) is 23.5. The van der Waals surface area contributed by atoms with Crippen LogP contribution in [0.5, 0.6) is 0 Å². The lowest BCUT2D eigenvalue weighted by Gasteiger charge is -2.36. The lowest BCUT2D eigenvalue weighted by Crippen LogP contribution is -2.36. The third-order valence-electron chi connectivity index (χ3n) is 7.23. The third-order valence-corrected chi connectivity index (χ3v) is 7.23. The summed E-state index contributed by atoms with van der Waals surface area (Å²) < 4.78 is 11.3. The number of carbonyl (C=O) groups excluding carboxylic acids is 3. The Bertz CT molecular complexity index is 1230. The van der Waals surface area contributed by atoms with E-state index in [9.17, 15) is 14.4 Å². The zero-order chi connectivity index (χ0) is 26.4. The summed E-state index contributed by atoms with van der Waals surface area (Å²) in [5, 5.41) is 0. The van der Waals surface area contributed by atoms with E-state index in [4.69, 9.17) is 9.47 Å². The molecule has 0 aliphatic heterocycles. The first-order valence-electron chi connectivity index (χ1n) is 13.0. The SMILES string of the molecule is CC(C)[C@@H]1CC[C@@H](C)C[C@H]1OC(=O)c1ccccc1C(=O)OCC(=O)c1ccc(-c2ccccc2)cc1. The van der Waals surface area contributed by atoms with Gasteiger partial charge in [-0.2, -0.15) is 0 Å². The summed E-state index contributed by atoms with van der Waals surface area (Å²) in [5.41, 5.74) is 2.76. The molecule has 0 unspecified atom stereocenters. The van der Waals surface area contributed by atoms with Crippen molar-refractivity contribution < 1.29 is 23.9 Å². The van der Waals surface area contributed by atoms with Crippen LogP contribution in [0.15, 0.2) is 78.9 Å². The third kappa shape index (κ3) is 6.53. The van der Waals surface area contributed by atoms with Crippen LogP contribution in [0.4, 0.5) is 0 Å². The van der Waals surface area contributed by atoms with Gasteiger partial charge in [-0.1, -0.05) is 93.9 Å². The largest absolute Gasteiger partial charge is 0.458 e. The molecule has 0 saturated heterocycles. The molecule has 1 fully saturated rings. The van der Waals surface area contributed by atoms with Gasteiger partial charge in [0.1, 0.15) is 6.10 Å². The Hall–Kier alpha value is -3.73. The van der Waals surface area contributed by atoms with Crippen LogP contribution in [0, 0.1) is 17.8 Å². The van der Waals surface area contributed by atoms with Gasteiger partial charge < -0.3 is 9.47 Å². The molecule has 192 valence electrons. The number of hydrogen-bond donors (Lipinski definition) is 0. The second-order valence-electron chi connectivity index (χ2n) is 10.3. The Morgan fingerprint density at radius 2 is 1.38 bits per heavy atom. The highest BCUT2D eigenvalue weighted by molar-refractivity contribution is 6.04. The van der Waals surface area contributed by atoms with Gasteiger partial charge in [0.2, 0.25) is 0 Å². The number of benzene rings is 3. The van der Waals surface area contributed by atoms with E-state index < -0.39 is 18.5 Å². The molecule has 1 aliphatic rings. The maximum atomic E-state index is 13.1. The minimum absolute atomic E-state index is 0.102. The molecular weight excluding hydrogens is 464 g/mol. The van der Waals surface area contributed by atoms with Gasteiger partial charge in [-0.15, -0.1) is 0 Å². The summed E-state index contributed by atoms with van der Waals surface area (Å²) in [6.07, 6.45) is 2.79. The monoisotopic (exact) mass is 498 g/mol. The normalized spacial score (nSPS) is 19.3. The van der Waals surface area contributed by atoms with Gasteiger partial charge in [-0.25, -0.2) is 9.59 Å². The Kier molecular flexibility index (Phi) is 8.54. The number of rotatable bonds is 8. The summed E-state index contributed by atoms with van der Waals surface area (Å²) >= 11 is 0. The standard InChI is InChI=1S/C32H34O5/c1-21(2)26-18-13-22(3)19-30(26)37-32(35)28-12-8-7-11-27(28)31(34)36-20-29(33)25-16-14-24(15-17-25)23-9-5-4-6-10-23/h4-12,14-17,21-22,26,30H,13,18-20H2,1-3H3/t22-,26+,30-/m1/s1. The zero-order valence-electron chi connectivity index (χ0n) is 21.7. The summed E-state index contributed by atoms with van der Waals surface area (Å²) in [4.78, 5) is 38.7. The molecule has 3 aromatic carbocycles. The van der Waals surface area contributed by atoms with Gasteiger partial charge in [-0.05, 0) is 53.9 Å². The van der Waals surface area contributed by atoms with Crippen LogP contribution in [0.25, 0.3) is 11.1 Å². The van der Waals surface area contributed by atoms with Crippen molar-refractivity contribution in [3.8, 4) is 11.1 Å². The van der Waals surface area contributed by atoms with E-state index in [1.165, 1.54) is 6.07 Å². The Morgan fingerprint density at radius 1 is 0.784 bits per heavy atom. The molecule has 0 amide bonds. The minimum atomic E-state index is -0.723. The molecule has 0 N–H and O–H groups in total. The number of hydrogen-bond acceptors (Lipinski definition) is 5. The number of esters is 2. The fourth-order valence-electron chi connectivity index (χ4n) is 5.06. The molecule has 5 nitrogen and oxygen atoms in total. The van der Waals surface area contributed by atoms with Crippen LogP contribution in [0.3, 0.4) is 0 Å². The van der Waals surface area contributed by atoms with Crippen molar-refractivity contribution in [3.63, 3.8) is 0 Å². The smallest absolute Gasteiger partial charge is 0.339 e. The molecule has 3 aromatic rings. The van der Waals surface area contributed by atoms with Crippen molar-refractivity contribution in [2.45, 2.75) is 46.1 Å².